The minimum absolute atomic E-state index is 0.161. The molecule has 1 aromatic rings. The Kier molecular flexibility index (Phi) is 4.91. The topological polar surface area (TPSA) is 38.5 Å². The van der Waals surface area contributed by atoms with Crippen LogP contribution < -0.4 is 5.73 Å². The van der Waals surface area contributed by atoms with Gasteiger partial charge in [-0.15, -0.1) is 0 Å². The van der Waals surface area contributed by atoms with Crippen molar-refractivity contribution in [2.75, 3.05) is 26.7 Å². The molecule has 0 aromatic heterocycles. The highest BCUT2D eigenvalue weighted by Crippen LogP contribution is 2.27. The van der Waals surface area contributed by atoms with Crippen LogP contribution in [0.2, 0.25) is 0 Å². The van der Waals surface area contributed by atoms with E-state index in [0.717, 1.165) is 26.1 Å². The summed E-state index contributed by atoms with van der Waals surface area (Å²) < 4.78 is 5.91. The molecule has 2 atom stereocenters. The zero-order chi connectivity index (χ0) is 13.8. The third kappa shape index (κ3) is 3.75. The number of fused-ring (bicyclic) bond motifs is 1. The Balaban J connectivity index is 1.98. The molecule has 0 aliphatic carbocycles. The Labute approximate surface area is 120 Å². The van der Waals surface area contributed by atoms with Gasteiger partial charge in [0.2, 0.25) is 0 Å². The number of hydrogen-bond donors (Lipinski definition) is 1. The van der Waals surface area contributed by atoms with Crippen molar-refractivity contribution in [3.05, 3.63) is 35.4 Å². The van der Waals surface area contributed by atoms with Crippen molar-refractivity contribution in [1.29, 1.82) is 0 Å². The second-order valence-corrected chi connectivity index (χ2v) is 5.80. The zero-order valence-corrected chi connectivity index (χ0v) is 12.5. The van der Waals surface area contributed by atoms with Crippen LogP contribution in [0.15, 0.2) is 24.3 Å². The summed E-state index contributed by atoms with van der Waals surface area (Å²) >= 11 is 5.02. The summed E-state index contributed by atoms with van der Waals surface area (Å²) in [5.74, 6) is 0.235. The van der Waals surface area contributed by atoms with Crippen LogP contribution in [0.5, 0.6) is 0 Å². The predicted molar refractivity (Wildman–Crippen MR) is 82.3 cm³/mol. The van der Waals surface area contributed by atoms with Crippen LogP contribution in [0.25, 0.3) is 0 Å². The second-order valence-electron chi connectivity index (χ2n) is 5.33. The van der Waals surface area contributed by atoms with Crippen molar-refractivity contribution in [3.63, 3.8) is 0 Å². The van der Waals surface area contributed by atoms with Crippen LogP contribution in [0.3, 0.4) is 0 Å². The van der Waals surface area contributed by atoms with E-state index in [9.17, 15) is 0 Å². The van der Waals surface area contributed by atoms with E-state index in [0.29, 0.717) is 4.99 Å². The maximum Gasteiger partial charge on any atom is 0.0954 e. The highest BCUT2D eigenvalue weighted by atomic mass is 32.1. The van der Waals surface area contributed by atoms with Gasteiger partial charge in [0.1, 0.15) is 0 Å². The molecular weight excluding hydrogens is 256 g/mol. The maximum atomic E-state index is 5.91. The van der Waals surface area contributed by atoms with Crippen LogP contribution in [-0.2, 0) is 11.2 Å². The molecule has 2 N–H and O–H groups in total. The number of rotatable bonds is 5. The van der Waals surface area contributed by atoms with Gasteiger partial charge in [-0.05, 0) is 24.6 Å². The lowest BCUT2D eigenvalue weighted by Crippen LogP contribution is -2.35. The van der Waals surface area contributed by atoms with Gasteiger partial charge in [-0.3, -0.25) is 0 Å². The zero-order valence-electron chi connectivity index (χ0n) is 11.6. The molecule has 0 saturated heterocycles. The SMILES string of the molecule is CC(CN(C)CC1OCCc2ccccc21)C(N)=S. The van der Waals surface area contributed by atoms with Gasteiger partial charge in [0.25, 0.3) is 0 Å². The van der Waals surface area contributed by atoms with E-state index >= 15 is 0 Å². The summed E-state index contributed by atoms with van der Waals surface area (Å²) in [6.07, 6.45) is 1.17. The quantitative estimate of drug-likeness (QED) is 0.838. The first-order valence-corrected chi connectivity index (χ1v) is 7.16. The molecular formula is C15H22N2OS. The third-order valence-corrected chi connectivity index (χ3v) is 4.04. The summed E-state index contributed by atoms with van der Waals surface area (Å²) in [4.78, 5) is 2.83. The van der Waals surface area contributed by atoms with Gasteiger partial charge in [-0.1, -0.05) is 43.4 Å². The first-order valence-electron chi connectivity index (χ1n) is 6.75. The van der Waals surface area contributed by atoms with Crippen molar-refractivity contribution in [3.8, 4) is 0 Å². The van der Waals surface area contributed by atoms with Gasteiger partial charge in [-0.25, -0.2) is 0 Å². The van der Waals surface area contributed by atoms with Crippen molar-refractivity contribution in [2.45, 2.75) is 19.4 Å². The number of likely N-dealkylation sites (N-methyl/N-ethyl adjacent to an activating group) is 1. The Morgan fingerprint density at radius 1 is 1.53 bits per heavy atom. The lowest BCUT2D eigenvalue weighted by Gasteiger charge is -2.30. The molecule has 0 radical (unpaired) electrons. The smallest absolute Gasteiger partial charge is 0.0954 e. The fourth-order valence-corrected chi connectivity index (χ4v) is 2.62. The van der Waals surface area contributed by atoms with E-state index in [2.05, 4.69) is 43.1 Å². The van der Waals surface area contributed by atoms with E-state index in [-0.39, 0.29) is 12.0 Å². The third-order valence-electron chi connectivity index (χ3n) is 3.64. The van der Waals surface area contributed by atoms with E-state index in [4.69, 9.17) is 22.7 Å². The maximum absolute atomic E-state index is 5.91. The minimum Gasteiger partial charge on any atom is -0.393 e. The van der Waals surface area contributed by atoms with E-state index in [1.54, 1.807) is 0 Å². The van der Waals surface area contributed by atoms with Gasteiger partial charge in [0.15, 0.2) is 0 Å². The van der Waals surface area contributed by atoms with E-state index in [1.165, 1.54) is 11.1 Å². The average Bonchev–Trinajstić information content (AvgIpc) is 2.39. The molecule has 1 aliphatic heterocycles. The molecule has 0 bridgehead atoms. The molecule has 0 saturated carbocycles. The van der Waals surface area contributed by atoms with Gasteiger partial charge >= 0.3 is 0 Å². The fraction of sp³-hybridized carbons (Fsp3) is 0.533. The van der Waals surface area contributed by atoms with Crippen molar-refractivity contribution in [2.24, 2.45) is 11.7 Å². The summed E-state index contributed by atoms with van der Waals surface area (Å²) in [7, 11) is 2.09. The summed E-state index contributed by atoms with van der Waals surface area (Å²) in [6.45, 7) is 4.62. The van der Waals surface area contributed by atoms with E-state index in [1.807, 2.05) is 0 Å². The molecule has 1 aliphatic rings. The van der Waals surface area contributed by atoms with Gasteiger partial charge in [-0.2, -0.15) is 0 Å². The number of nitrogens with zero attached hydrogens (tertiary/aromatic N) is 1. The summed E-state index contributed by atoms with van der Waals surface area (Å²) in [5.41, 5.74) is 8.40. The molecule has 1 aromatic carbocycles. The molecule has 104 valence electrons. The molecule has 0 fully saturated rings. The van der Waals surface area contributed by atoms with Crippen LogP contribution in [0.4, 0.5) is 0 Å². The Hall–Kier alpha value is -0.970. The summed E-state index contributed by atoms with van der Waals surface area (Å²) in [5, 5.41) is 0. The molecule has 0 amide bonds. The molecule has 19 heavy (non-hydrogen) atoms. The standard InChI is InChI=1S/C15H22N2OS/c1-11(15(16)19)9-17(2)10-14-13-6-4-3-5-12(13)7-8-18-14/h3-6,11,14H,7-10H2,1-2H3,(H2,16,19). The molecule has 2 unspecified atom stereocenters. The molecule has 3 nitrogen and oxygen atoms in total. The molecule has 0 spiro atoms. The number of ether oxygens (including phenoxy) is 1. The van der Waals surface area contributed by atoms with Crippen LogP contribution in [-0.4, -0.2) is 36.6 Å². The molecule has 2 rings (SSSR count). The Morgan fingerprint density at radius 2 is 2.26 bits per heavy atom. The number of hydrogen-bond acceptors (Lipinski definition) is 3. The van der Waals surface area contributed by atoms with Crippen molar-refractivity contribution >= 4 is 17.2 Å². The summed E-state index contributed by atoms with van der Waals surface area (Å²) in [6, 6.07) is 8.55. The lowest BCUT2D eigenvalue weighted by atomic mass is 9.97. The van der Waals surface area contributed by atoms with Crippen LogP contribution in [0.1, 0.15) is 24.2 Å². The first kappa shape index (κ1) is 14.4. The first-order chi connectivity index (χ1) is 9.08. The van der Waals surface area contributed by atoms with Crippen LogP contribution in [0, 0.1) is 5.92 Å². The fourth-order valence-electron chi connectivity index (χ4n) is 2.54. The van der Waals surface area contributed by atoms with Gasteiger partial charge in [0.05, 0.1) is 17.7 Å². The normalized spacial score (nSPS) is 20.1. The minimum atomic E-state index is 0.161. The highest BCUT2D eigenvalue weighted by molar-refractivity contribution is 7.80. The molecule has 1 heterocycles. The Bertz CT molecular complexity index is 450. The number of nitrogens with two attached hydrogens (primary N) is 1. The van der Waals surface area contributed by atoms with Crippen LogP contribution >= 0.6 is 12.2 Å². The predicted octanol–water partition coefficient (Wildman–Crippen LogP) is 2.15. The van der Waals surface area contributed by atoms with E-state index < -0.39 is 0 Å². The Morgan fingerprint density at radius 3 is 3.00 bits per heavy atom. The average molecular weight is 278 g/mol. The monoisotopic (exact) mass is 278 g/mol. The highest BCUT2D eigenvalue weighted by Gasteiger charge is 2.22. The molecule has 4 heteroatoms. The van der Waals surface area contributed by atoms with Gasteiger partial charge < -0.3 is 15.4 Å². The lowest BCUT2D eigenvalue weighted by molar-refractivity contribution is 0.0201. The number of benzene rings is 1. The second kappa shape index (κ2) is 6.46. The van der Waals surface area contributed by atoms with Crippen molar-refractivity contribution < 1.29 is 4.74 Å². The van der Waals surface area contributed by atoms with Crippen molar-refractivity contribution in [1.82, 2.24) is 4.90 Å². The van der Waals surface area contributed by atoms with Gasteiger partial charge in [0, 0.05) is 19.0 Å². The number of thiocarbonyl (C=S) groups is 1. The largest absolute Gasteiger partial charge is 0.393 e.